The van der Waals surface area contributed by atoms with E-state index < -0.39 is 0 Å². The van der Waals surface area contributed by atoms with E-state index in [0.717, 1.165) is 37.5 Å². The van der Waals surface area contributed by atoms with Crippen molar-refractivity contribution in [2.45, 2.75) is 74.8 Å². The molecule has 144 valence electrons. The summed E-state index contributed by atoms with van der Waals surface area (Å²) in [5, 5.41) is 8.12. The van der Waals surface area contributed by atoms with E-state index in [-0.39, 0.29) is 5.41 Å². The van der Waals surface area contributed by atoms with Gasteiger partial charge >= 0.3 is 0 Å². The maximum absolute atomic E-state index is 6.01. The third-order valence-corrected chi connectivity index (χ3v) is 6.87. The SMILES string of the molecule is NC1CCC(Cc2nc(C3(CN[C@H]4C[C@@H]4c4ccccc4)CC3)no2)CC1. The number of rotatable bonds is 7. The number of nitrogens with zero attached hydrogens (tertiary/aromatic N) is 2. The summed E-state index contributed by atoms with van der Waals surface area (Å²) in [5.74, 6) is 3.07. The van der Waals surface area contributed by atoms with Crippen LogP contribution in [0.5, 0.6) is 0 Å². The van der Waals surface area contributed by atoms with Crippen molar-refractivity contribution >= 4 is 0 Å². The molecule has 3 N–H and O–H groups in total. The van der Waals surface area contributed by atoms with Gasteiger partial charge in [-0.2, -0.15) is 4.98 Å². The molecule has 3 fully saturated rings. The largest absolute Gasteiger partial charge is 0.339 e. The van der Waals surface area contributed by atoms with Gasteiger partial charge in [0, 0.05) is 36.4 Å². The zero-order valence-electron chi connectivity index (χ0n) is 15.9. The summed E-state index contributed by atoms with van der Waals surface area (Å²) < 4.78 is 5.61. The maximum atomic E-state index is 6.01. The van der Waals surface area contributed by atoms with E-state index in [9.17, 15) is 0 Å². The second-order valence-electron chi connectivity index (χ2n) is 9.02. The van der Waals surface area contributed by atoms with Gasteiger partial charge in [0.15, 0.2) is 5.82 Å². The Hall–Kier alpha value is -1.72. The summed E-state index contributed by atoms with van der Waals surface area (Å²) in [6, 6.07) is 11.8. The van der Waals surface area contributed by atoms with Crippen LogP contribution in [0.1, 0.15) is 68.1 Å². The Balaban J connectivity index is 1.14. The van der Waals surface area contributed by atoms with E-state index in [2.05, 4.69) is 40.8 Å². The third-order valence-electron chi connectivity index (χ3n) is 6.87. The lowest BCUT2D eigenvalue weighted by Gasteiger charge is -2.24. The predicted octanol–water partition coefficient (Wildman–Crippen LogP) is 3.31. The molecule has 2 atom stereocenters. The molecule has 5 rings (SSSR count). The van der Waals surface area contributed by atoms with E-state index in [1.165, 1.54) is 37.7 Å². The minimum Gasteiger partial charge on any atom is -0.339 e. The van der Waals surface area contributed by atoms with Crippen LogP contribution in [0, 0.1) is 5.92 Å². The van der Waals surface area contributed by atoms with Crippen molar-refractivity contribution in [3.05, 3.63) is 47.6 Å². The quantitative estimate of drug-likeness (QED) is 0.786. The van der Waals surface area contributed by atoms with Crippen molar-refractivity contribution in [1.29, 1.82) is 0 Å². The highest BCUT2D eigenvalue weighted by molar-refractivity contribution is 5.28. The first-order valence-electron chi connectivity index (χ1n) is 10.6. The molecule has 1 heterocycles. The molecule has 0 saturated heterocycles. The molecule has 0 unspecified atom stereocenters. The number of benzene rings is 1. The van der Waals surface area contributed by atoms with Crippen LogP contribution in [0.3, 0.4) is 0 Å². The van der Waals surface area contributed by atoms with E-state index in [4.69, 9.17) is 15.2 Å². The van der Waals surface area contributed by atoms with Crippen molar-refractivity contribution in [3.63, 3.8) is 0 Å². The molecule has 1 aromatic carbocycles. The Kier molecular flexibility index (Phi) is 4.52. The highest BCUT2D eigenvalue weighted by atomic mass is 16.5. The van der Waals surface area contributed by atoms with Crippen LogP contribution in [0.25, 0.3) is 0 Å². The lowest BCUT2D eigenvalue weighted by Crippen LogP contribution is -2.30. The lowest BCUT2D eigenvalue weighted by atomic mass is 9.84. The Morgan fingerprint density at radius 3 is 2.63 bits per heavy atom. The number of hydrogen-bond acceptors (Lipinski definition) is 5. The summed E-state index contributed by atoms with van der Waals surface area (Å²) in [7, 11) is 0. The molecule has 27 heavy (non-hydrogen) atoms. The topological polar surface area (TPSA) is 77.0 Å². The molecule has 3 aliphatic rings. The van der Waals surface area contributed by atoms with Crippen LogP contribution in [0.2, 0.25) is 0 Å². The summed E-state index contributed by atoms with van der Waals surface area (Å²) in [6.45, 7) is 0.970. The van der Waals surface area contributed by atoms with Crippen LogP contribution in [0.4, 0.5) is 0 Å². The Morgan fingerprint density at radius 1 is 1.11 bits per heavy atom. The lowest BCUT2D eigenvalue weighted by molar-refractivity contribution is 0.287. The Bertz CT molecular complexity index is 762. The van der Waals surface area contributed by atoms with Crippen molar-refractivity contribution in [1.82, 2.24) is 15.5 Å². The highest BCUT2D eigenvalue weighted by Crippen LogP contribution is 2.48. The number of aromatic nitrogens is 2. The molecule has 0 radical (unpaired) electrons. The van der Waals surface area contributed by atoms with Crippen LogP contribution in [0.15, 0.2) is 34.9 Å². The fourth-order valence-corrected chi connectivity index (χ4v) is 4.64. The molecule has 1 aromatic heterocycles. The van der Waals surface area contributed by atoms with E-state index in [1.54, 1.807) is 0 Å². The van der Waals surface area contributed by atoms with Crippen molar-refractivity contribution in [2.24, 2.45) is 11.7 Å². The number of hydrogen-bond donors (Lipinski definition) is 2. The van der Waals surface area contributed by atoms with Crippen LogP contribution in [-0.4, -0.2) is 28.8 Å². The zero-order chi connectivity index (χ0) is 18.3. The summed E-state index contributed by atoms with van der Waals surface area (Å²) in [6.07, 6.45) is 9.12. The van der Waals surface area contributed by atoms with Crippen molar-refractivity contribution in [3.8, 4) is 0 Å². The van der Waals surface area contributed by atoms with Gasteiger partial charge in [0.25, 0.3) is 0 Å². The number of nitrogens with two attached hydrogens (primary N) is 1. The molecular weight excluding hydrogens is 336 g/mol. The fraction of sp³-hybridized carbons (Fsp3) is 0.636. The van der Waals surface area contributed by atoms with Gasteiger partial charge in [0.1, 0.15) is 0 Å². The van der Waals surface area contributed by atoms with E-state index in [1.807, 2.05) is 0 Å². The first-order chi connectivity index (χ1) is 13.2. The molecule has 3 saturated carbocycles. The third kappa shape index (κ3) is 3.81. The smallest absolute Gasteiger partial charge is 0.226 e. The van der Waals surface area contributed by atoms with Crippen molar-refractivity contribution < 1.29 is 4.52 Å². The molecule has 0 bridgehead atoms. The van der Waals surface area contributed by atoms with Gasteiger partial charge in [0.05, 0.1) is 0 Å². The van der Waals surface area contributed by atoms with Gasteiger partial charge < -0.3 is 15.6 Å². The molecule has 0 spiro atoms. The second-order valence-corrected chi connectivity index (χ2v) is 9.02. The average Bonchev–Trinajstić information content (AvgIpc) is 3.61. The standard InChI is InChI=1S/C22H30N4O/c23-17-8-6-15(7-9-17)12-20-25-21(26-27-20)22(10-11-22)14-24-19-13-18(19)16-4-2-1-3-5-16/h1-5,15,17-19,24H,6-14,23H2/t15?,17?,18-,19+/m1/s1. The maximum Gasteiger partial charge on any atom is 0.226 e. The average molecular weight is 367 g/mol. The van der Waals surface area contributed by atoms with Crippen LogP contribution < -0.4 is 11.1 Å². The van der Waals surface area contributed by atoms with Crippen LogP contribution >= 0.6 is 0 Å². The van der Waals surface area contributed by atoms with Gasteiger partial charge in [-0.05, 0) is 56.4 Å². The Morgan fingerprint density at radius 2 is 1.89 bits per heavy atom. The van der Waals surface area contributed by atoms with Crippen molar-refractivity contribution in [2.75, 3.05) is 6.54 Å². The normalized spacial score (nSPS) is 31.6. The van der Waals surface area contributed by atoms with Gasteiger partial charge in [-0.15, -0.1) is 0 Å². The molecular formula is C22H30N4O. The minimum absolute atomic E-state index is 0.112. The highest BCUT2D eigenvalue weighted by Gasteiger charge is 2.50. The second kappa shape index (κ2) is 7.02. The minimum atomic E-state index is 0.112. The van der Waals surface area contributed by atoms with Gasteiger partial charge in [-0.3, -0.25) is 0 Å². The first-order valence-corrected chi connectivity index (χ1v) is 10.6. The molecule has 2 aromatic rings. The zero-order valence-corrected chi connectivity index (χ0v) is 15.9. The molecule has 3 aliphatic carbocycles. The number of nitrogens with one attached hydrogen (secondary N) is 1. The van der Waals surface area contributed by atoms with E-state index >= 15 is 0 Å². The fourth-order valence-electron chi connectivity index (χ4n) is 4.64. The molecule has 5 heteroatoms. The van der Waals surface area contributed by atoms with Gasteiger partial charge in [-0.25, -0.2) is 0 Å². The summed E-state index contributed by atoms with van der Waals surface area (Å²) in [5.41, 5.74) is 7.58. The molecule has 5 nitrogen and oxygen atoms in total. The molecule has 0 aliphatic heterocycles. The summed E-state index contributed by atoms with van der Waals surface area (Å²) >= 11 is 0. The predicted molar refractivity (Wildman–Crippen MR) is 104 cm³/mol. The summed E-state index contributed by atoms with van der Waals surface area (Å²) in [4.78, 5) is 4.78. The van der Waals surface area contributed by atoms with Gasteiger partial charge in [-0.1, -0.05) is 35.5 Å². The Labute approximate surface area is 161 Å². The first kappa shape index (κ1) is 17.4. The van der Waals surface area contributed by atoms with Crippen LogP contribution in [-0.2, 0) is 11.8 Å². The molecule has 0 amide bonds. The van der Waals surface area contributed by atoms with Gasteiger partial charge in [0.2, 0.25) is 5.89 Å². The monoisotopic (exact) mass is 366 g/mol. The van der Waals surface area contributed by atoms with E-state index in [0.29, 0.717) is 23.9 Å².